The van der Waals surface area contributed by atoms with Gasteiger partial charge in [0.2, 0.25) is 0 Å². The molecule has 0 N–H and O–H groups in total. The van der Waals surface area contributed by atoms with E-state index >= 15 is 0 Å². The first kappa shape index (κ1) is 32.9. The summed E-state index contributed by atoms with van der Waals surface area (Å²) >= 11 is 0. The lowest BCUT2D eigenvalue weighted by Crippen LogP contribution is -2.16. The van der Waals surface area contributed by atoms with Crippen LogP contribution in [0.4, 0.5) is 0 Å². The van der Waals surface area contributed by atoms with Crippen molar-refractivity contribution in [2.45, 2.75) is 51.4 Å². The number of hydrogen-bond donors (Lipinski definition) is 0. The first-order valence-corrected chi connectivity index (χ1v) is 23.7. The molecule has 2 nitrogen and oxygen atoms in total. The lowest BCUT2D eigenvalue weighted by atomic mass is 9.82. The van der Waals surface area contributed by atoms with Gasteiger partial charge in [-0.25, -0.2) is 0 Å². The van der Waals surface area contributed by atoms with Gasteiger partial charge in [-0.05, 0) is 70.5 Å². The van der Waals surface area contributed by atoms with Gasteiger partial charge in [-0.2, -0.15) is 0 Å². The summed E-state index contributed by atoms with van der Waals surface area (Å²) in [4.78, 5) is 0. The van der Waals surface area contributed by atoms with Crippen molar-refractivity contribution in [2.75, 3.05) is 24.6 Å². The van der Waals surface area contributed by atoms with E-state index in [1.165, 1.54) is 131 Å². The largest absolute Gasteiger partial charge is 0.352 e. The maximum absolute atomic E-state index is 7.70. The molecule has 4 atom stereocenters. The van der Waals surface area contributed by atoms with Crippen LogP contribution < -0.4 is 9.05 Å². The van der Waals surface area contributed by atoms with E-state index in [1.54, 1.807) is 0 Å². The van der Waals surface area contributed by atoms with E-state index in [4.69, 9.17) is 9.05 Å². The summed E-state index contributed by atoms with van der Waals surface area (Å²) in [5.41, 5.74) is 7.32. The topological polar surface area (TPSA) is 18.5 Å². The van der Waals surface area contributed by atoms with Crippen molar-refractivity contribution in [1.82, 2.24) is 0 Å². The Bertz CT molecular complexity index is 2030. The molecule has 6 aromatic rings. The zero-order valence-electron chi connectivity index (χ0n) is 30.2. The molecular weight excluding hydrogens is 670 g/mol. The standard InChI is InChI=1S/C48H48O2P2/c1-3-15-33(16-4-1)43-27-35-19-11-13-25-41(35)45(47(43)49-51-29-37-21-7-8-22-38(37)30-51)46-42-26-14-12-20-36(42)28-44(34-17-5-2-6-18-34)48(46)50-52-31-39-23-9-10-24-40(39)32-52/h1-6,11-20,25-28,37-40H,7-10,21-24,29-32H2/p+2/t37-,38-,39-,40-/m1/s1. The average Bonchev–Trinajstić information content (AvgIpc) is 3.81. The van der Waals surface area contributed by atoms with Gasteiger partial charge in [-0.15, -0.1) is 0 Å². The fourth-order valence-corrected chi connectivity index (χ4v) is 16.6. The summed E-state index contributed by atoms with van der Waals surface area (Å²) in [7, 11) is -2.14. The summed E-state index contributed by atoms with van der Waals surface area (Å²) in [5.74, 6) is 5.50. The van der Waals surface area contributed by atoms with E-state index in [2.05, 4.69) is 121 Å². The fourth-order valence-electron chi connectivity index (χ4n) is 10.5. The van der Waals surface area contributed by atoms with Crippen molar-refractivity contribution in [1.29, 1.82) is 0 Å². The zero-order valence-corrected chi connectivity index (χ0v) is 32.2. The molecule has 4 fully saturated rings. The summed E-state index contributed by atoms with van der Waals surface area (Å²) in [6.07, 6.45) is 16.1. The highest BCUT2D eigenvalue weighted by atomic mass is 31.1. The van der Waals surface area contributed by atoms with Gasteiger partial charge in [0.1, 0.15) is 0 Å². The molecule has 0 spiro atoms. The Hall–Kier alpha value is -3.70. The number of rotatable bonds is 7. The Morgan fingerprint density at radius 2 is 0.750 bits per heavy atom. The minimum atomic E-state index is -1.07. The third-order valence-electron chi connectivity index (χ3n) is 13.0. The summed E-state index contributed by atoms with van der Waals surface area (Å²) in [6, 6.07) is 45.0. The molecule has 262 valence electrons. The van der Waals surface area contributed by atoms with Crippen LogP contribution in [0.2, 0.25) is 0 Å². The van der Waals surface area contributed by atoms with Crippen LogP contribution >= 0.6 is 16.3 Å². The van der Waals surface area contributed by atoms with E-state index in [9.17, 15) is 0 Å². The molecule has 2 aliphatic heterocycles. The SMILES string of the molecule is c1ccc(-c2cc3ccccc3c(-c3c(O[PH+]4C[C@H]5CCCC[C@@H]5C4)c(-c4ccccc4)cc4ccccc34)c2O[PH+]2C[C@H]3CCCC[C@@H]3C2)cc1. The Labute approximate surface area is 311 Å². The first-order valence-electron chi connectivity index (χ1n) is 20.0. The quantitative estimate of drug-likeness (QED) is 0.153. The van der Waals surface area contributed by atoms with Crippen LogP contribution in [0, 0.1) is 23.7 Å². The molecule has 0 aromatic heterocycles. The molecule has 6 aromatic carbocycles. The second kappa shape index (κ2) is 14.3. The van der Waals surface area contributed by atoms with Crippen LogP contribution in [0.1, 0.15) is 51.4 Å². The van der Waals surface area contributed by atoms with Crippen molar-refractivity contribution in [2.24, 2.45) is 23.7 Å². The van der Waals surface area contributed by atoms with E-state index in [-0.39, 0.29) is 0 Å². The molecule has 4 aliphatic rings. The molecular formula is C48H50O2P2+2. The molecule has 0 unspecified atom stereocenters. The van der Waals surface area contributed by atoms with Crippen molar-refractivity contribution in [3.8, 4) is 44.9 Å². The number of hydrogen-bond acceptors (Lipinski definition) is 2. The fraction of sp³-hybridized carbons (Fsp3) is 0.333. The third kappa shape index (κ3) is 6.15. The van der Waals surface area contributed by atoms with Gasteiger partial charge in [-0.3, -0.25) is 0 Å². The smallest absolute Gasteiger partial charge is 0.189 e. The highest BCUT2D eigenvalue weighted by Crippen LogP contribution is 2.62. The molecule has 2 heterocycles. The Morgan fingerprint density at radius 1 is 0.404 bits per heavy atom. The molecule has 10 rings (SSSR count). The highest BCUT2D eigenvalue weighted by Gasteiger charge is 2.45. The first-order chi connectivity index (χ1) is 25.8. The zero-order chi connectivity index (χ0) is 34.4. The lowest BCUT2D eigenvalue weighted by molar-refractivity contribution is 0.299. The van der Waals surface area contributed by atoms with Crippen molar-refractivity contribution in [3.63, 3.8) is 0 Å². The van der Waals surface area contributed by atoms with Gasteiger partial charge in [0, 0.05) is 45.9 Å². The highest BCUT2D eigenvalue weighted by molar-refractivity contribution is 7.53. The van der Waals surface area contributed by atoms with E-state index < -0.39 is 16.3 Å². The Morgan fingerprint density at radius 3 is 1.13 bits per heavy atom. The average molecular weight is 721 g/mol. The molecule has 0 bridgehead atoms. The second-order valence-corrected chi connectivity index (χ2v) is 20.3. The van der Waals surface area contributed by atoms with Crippen molar-refractivity contribution in [3.05, 3.63) is 121 Å². The molecule has 2 aliphatic carbocycles. The second-order valence-electron chi connectivity index (χ2n) is 16.1. The van der Waals surface area contributed by atoms with Gasteiger partial charge in [-0.1, -0.05) is 135 Å². The van der Waals surface area contributed by atoms with Crippen LogP contribution in [0.3, 0.4) is 0 Å². The maximum atomic E-state index is 7.70. The van der Waals surface area contributed by atoms with Crippen molar-refractivity contribution < 1.29 is 9.05 Å². The normalized spacial score (nSPS) is 23.5. The molecule has 0 radical (unpaired) electrons. The molecule has 4 heteroatoms. The van der Waals surface area contributed by atoms with Crippen LogP contribution in [-0.4, -0.2) is 24.6 Å². The number of fused-ring (bicyclic) bond motifs is 4. The summed E-state index contributed by atoms with van der Waals surface area (Å²) < 4.78 is 15.4. The minimum Gasteiger partial charge on any atom is -0.352 e. The van der Waals surface area contributed by atoms with Crippen LogP contribution in [0.5, 0.6) is 11.5 Å². The van der Waals surface area contributed by atoms with Crippen LogP contribution in [-0.2, 0) is 0 Å². The molecule has 52 heavy (non-hydrogen) atoms. The molecule has 2 saturated heterocycles. The predicted octanol–water partition coefficient (Wildman–Crippen LogP) is 13.6. The van der Waals surface area contributed by atoms with Gasteiger partial charge >= 0.3 is 0 Å². The van der Waals surface area contributed by atoms with Crippen LogP contribution in [0.25, 0.3) is 54.9 Å². The molecule has 0 amide bonds. The summed E-state index contributed by atoms with van der Waals surface area (Å²) in [6.45, 7) is 0. The minimum absolute atomic E-state index is 0.836. The van der Waals surface area contributed by atoms with Gasteiger partial charge in [0.25, 0.3) is 0 Å². The Kier molecular flexibility index (Phi) is 9.03. The maximum Gasteiger partial charge on any atom is 0.189 e. The lowest BCUT2D eigenvalue weighted by Gasteiger charge is -2.23. The molecule has 2 saturated carbocycles. The van der Waals surface area contributed by atoms with Crippen molar-refractivity contribution >= 4 is 37.8 Å². The van der Waals surface area contributed by atoms with Gasteiger partial charge in [0.15, 0.2) is 27.8 Å². The van der Waals surface area contributed by atoms with E-state index in [1.807, 2.05) is 0 Å². The third-order valence-corrected chi connectivity index (χ3v) is 17.9. The van der Waals surface area contributed by atoms with E-state index in [0.717, 1.165) is 35.2 Å². The summed E-state index contributed by atoms with van der Waals surface area (Å²) in [5, 5.41) is 5.02. The van der Waals surface area contributed by atoms with Crippen LogP contribution in [0.15, 0.2) is 121 Å². The van der Waals surface area contributed by atoms with Gasteiger partial charge < -0.3 is 9.05 Å². The van der Waals surface area contributed by atoms with E-state index in [0.29, 0.717) is 0 Å². The van der Waals surface area contributed by atoms with Gasteiger partial charge in [0.05, 0.1) is 24.6 Å². The Balaban J connectivity index is 1.25. The number of benzene rings is 6. The predicted molar refractivity (Wildman–Crippen MR) is 226 cm³/mol. The monoisotopic (exact) mass is 720 g/mol.